The second-order valence-electron chi connectivity index (χ2n) is 11.8. The van der Waals surface area contributed by atoms with Crippen molar-refractivity contribution >= 4 is 17.8 Å². The Morgan fingerprint density at radius 1 is 0.906 bits per heavy atom. The van der Waals surface area contributed by atoms with Gasteiger partial charge >= 0.3 is 12.1 Å². The van der Waals surface area contributed by atoms with Gasteiger partial charge in [0.2, 0.25) is 0 Å². The number of alkyl carbamates (subject to hydrolysis) is 1. The molecule has 8 rings (SSSR count). The third kappa shape index (κ3) is 2.60. The molecule has 8 fully saturated rings. The Bertz CT molecular complexity index is 859. The van der Waals surface area contributed by atoms with Crippen LogP contribution in [0.2, 0.25) is 0 Å². The lowest BCUT2D eigenvalue weighted by atomic mass is 9.67. The van der Waals surface area contributed by atoms with E-state index in [0.717, 1.165) is 44.9 Å². The molecule has 7 nitrogen and oxygen atoms in total. The summed E-state index contributed by atoms with van der Waals surface area (Å²) in [5.41, 5.74) is 0. The highest BCUT2D eigenvalue weighted by Gasteiger charge is 2.66. The molecule has 8 aliphatic carbocycles. The first kappa shape index (κ1) is 19.8. The number of carbonyl (C=O) groups is 3. The Morgan fingerprint density at radius 2 is 1.69 bits per heavy atom. The van der Waals surface area contributed by atoms with Crippen molar-refractivity contribution < 1.29 is 28.6 Å². The highest BCUT2D eigenvalue weighted by molar-refractivity contribution is 5.88. The van der Waals surface area contributed by atoms with E-state index in [4.69, 9.17) is 14.2 Å². The average molecular weight is 444 g/mol. The van der Waals surface area contributed by atoms with Crippen LogP contribution in [-0.2, 0) is 23.8 Å². The fourth-order valence-corrected chi connectivity index (χ4v) is 10.1. The quantitative estimate of drug-likeness (QED) is 0.399. The van der Waals surface area contributed by atoms with E-state index in [1.54, 1.807) is 7.05 Å². The van der Waals surface area contributed by atoms with Crippen molar-refractivity contribution in [2.45, 2.75) is 57.2 Å². The Kier molecular flexibility index (Phi) is 4.29. The molecule has 0 aromatic carbocycles. The van der Waals surface area contributed by atoms with E-state index in [1.165, 1.54) is 0 Å². The Morgan fingerprint density at radius 3 is 2.50 bits per heavy atom. The first-order valence-corrected chi connectivity index (χ1v) is 12.7. The molecular weight excluding hydrogens is 410 g/mol. The van der Waals surface area contributed by atoms with Gasteiger partial charge in [-0.1, -0.05) is 0 Å². The minimum absolute atomic E-state index is 0.00822. The fourth-order valence-electron chi connectivity index (χ4n) is 10.1. The topological polar surface area (TPSA) is 90.9 Å². The second-order valence-corrected chi connectivity index (χ2v) is 11.8. The smallest absolute Gasteiger partial charge is 0.407 e. The number of carbonyl (C=O) groups excluding carboxylic acids is 3. The van der Waals surface area contributed by atoms with Gasteiger partial charge in [0.25, 0.3) is 0 Å². The third-order valence-corrected chi connectivity index (χ3v) is 10.8. The lowest BCUT2D eigenvalue weighted by molar-refractivity contribution is -0.175. The van der Waals surface area contributed by atoms with Crippen molar-refractivity contribution in [3.63, 3.8) is 0 Å². The molecule has 0 saturated heterocycles. The third-order valence-electron chi connectivity index (χ3n) is 10.8. The van der Waals surface area contributed by atoms with Crippen LogP contribution < -0.4 is 5.32 Å². The lowest BCUT2D eigenvalue weighted by Gasteiger charge is -2.40. The molecule has 0 aromatic rings. The Hall–Kier alpha value is -1.63. The van der Waals surface area contributed by atoms with Gasteiger partial charge in [-0.15, -0.1) is 0 Å². The van der Waals surface area contributed by atoms with Crippen LogP contribution in [-0.4, -0.2) is 43.9 Å². The molecule has 0 heterocycles. The molecule has 0 spiro atoms. The van der Waals surface area contributed by atoms with Crippen molar-refractivity contribution in [1.82, 2.24) is 5.32 Å². The zero-order valence-electron chi connectivity index (χ0n) is 18.6. The molecule has 1 N–H and O–H groups in total. The number of esters is 1. The summed E-state index contributed by atoms with van der Waals surface area (Å²) >= 11 is 0. The molecule has 174 valence electrons. The van der Waals surface area contributed by atoms with Crippen molar-refractivity contribution in [3.05, 3.63) is 0 Å². The number of hydrogen-bond donors (Lipinski definition) is 1. The maximum atomic E-state index is 13.0. The van der Waals surface area contributed by atoms with Crippen molar-refractivity contribution in [2.75, 3.05) is 13.8 Å². The first-order valence-electron chi connectivity index (χ1n) is 12.7. The fraction of sp³-hybridized carbons (Fsp3) is 0.880. The standard InChI is InChI=1S/C25H33NO6/c1-26-25(29)32-19-8-12-7-17(19)21-13-5-11(20(12)21)6-16(13)24(28)31-9-30-23-15-3-10-2-14(15)22(27)18(23)4-10/h10-21,23H,2-9H2,1H3,(H,26,29). The van der Waals surface area contributed by atoms with Gasteiger partial charge in [-0.05, 0) is 92.3 Å². The van der Waals surface area contributed by atoms with Gasteiger partial charge in [-0.25, -0.2) is 4.79 Å². The normalized spacial score (nSPS) is 53.2. The SMILES string of the molecule is CNC(=O)OC1CC2CC1C1C3CC(CC3C(=O)OCOC3C4CC5CC(C4=O)C3C5)C21. The largest absolute Gasteiger partial charge is 0.446 e. The van der Waals surface area contributed by atoms with Crippen molar-refractivity contribution in [1.29, 1.82) is 0 Å². The Balaban J connectivity index is 0.970. The predicted molar refractivity (Wildman–Crippen MR) is 111 cm³/mol. The van der Waals surface area contributed by atoms with E-state index in [1.807, 2.05) is 0 Å². The average Bonchev–Trinajstić information content (AvgIpc) is 3.60. The molecule has 8 aliphatic rings. The summed E-state index contributed by atoms with van der Waals surface area (Å²) < 4.78 is 17.4. The van der Waals surface area contributed by atoms with Gasteiger partial charge in [0.1, 0.15) is 11.9 Å². The van der Waals surface area contributed by atoms with Gasteiger partial charge in [-0.2, -0.15) is 0 Å². The summed E-state index contributed by atoms with van der Waals surface area (Å²) in [5, 5.41) is 2.57. The van der Waals surface area contributed by atoms with Gasteiger partial charge in [0.15, 0.2) is 6.79 Å². The van der Waals surface area contributed by atoms with E-state index in [2.05, 4.69) is 5.32 Å². The van der Waals surface area contributed by atoms with Crippen molar-refractivity contribution in [3.8, 4) is 0 Å². The molecule has 8 saturated carbocycles. The van der Waals surface area contributed by atoms with Crippen molar-refractivity contribution in [2.24, 2.45) is 65.1 Å². The number of ketones is 1. The van der Waals surface area contributed by atoms with Gasteiger partial charge < -0.3 is 19.5 Å². The number of hydrogen-bond acceptors (Lipinski definition) is 6. The minimum Gasteiger partial charge on any atom is -0.446 e. The van der Waals surface area contributed by atoms with E-state index < -0.39 is 0 Å². The number of Topliss-reactive ketones (excluding diaryl/α,β-unsaturated/α-hetero) is 1. The maximum absolute atomic E-state index is 13.0. The van der Waals surface area contributed by atoms with Crippen LogP contribution >= 0.6 is 0 Å². The Labute approximate surface area is 188 Å². The zero-order valence-corrected chi connectivity index (χ0v) is 18.6. The summed E-state index contributed by atoms with van der Waals surface area (Å²) in [5.74, 6) is 4.67. The molecular formula is C25H33NO6. The van der Waals surface area contributed by atoms with Crippen LogP contribution in [0.3, 0.4) is 0 Å². The summed E-state index contributed by atoms with van der Waals surface area (Å²) in [7, 11) is 1.60. The van der Waals surface area contributed by atoms with Crippen LogP contribution in [0.25, 0.3) is 0 Å². The van der Waals surface area contributed by atoms with Crippen LogP contribution in [0.1, 0.15) is 44.9 Å². The van der Waals surface area contributed by atoms with E-state index in [9.17, 15) is 14.4 Å². The predicted octanol–water partition coefficient (Wildman–Crippen LogP) is 2.77. The summed E-state index contributed by atoms with van der Waals surface area (Å²) in [6.45, 7) is -0.0163. The van der Waals surface area contributed by atoms with E-state index in [-0.39, 0.29) is 48.8 Å². The monoisotopic (exact) mass is 443 g/mol. The summed E-state index contributed by atoms with van der Waals surface area (Å²) in [4.78, 5) is 37.3. The number of ether oxygens (including phenoxy) is 3. The number of fused-ring (bicyclic) bond motifs is 9. The van der Waals surface area contributed by atoms with Crippen LogP contribution in [0.5, 0.6) is 0 Å². The maximum Gasteiger partial charge on any atom is 0.407 e. The molecule has 13 unspecified atom stereocenters. The molecule has 0 radical (unpaired) electrons. The molecule has 13 atom stereocenters. The van der Waals surface area contributed by atoms with Crippen LogP contribution in [0.15, 0.2) is 0 Å². The van der Waals surface area contributed by atoms with E-state index >= 15 is 0 Å². The molecule has 32 heavy (non-hydrogen) atoms. The molecule has 0 aliphatic heterocycles. The van der Waals surface area contributed by atoms with Crippen LogP contribution in [0.4, 0.5) is 4.79 Å². The molecule has 1 amide bonds. The molecule has 7 heteroatoms. The van der Waals surface area contributed by atoms with E-state index in [0.29, 0.717) is 53.1 Å². The summed E-state index contributed by atoms with van der Waals surface area (Å²) in [6.07, 6.45) is 6.87. The first-order chi connectivity index (χ1) is 15.5. The minimum atomic E-state index is -0.344. The molecule has 8 bridgehead atoms. The molecule has 0 aromatic heterocycles. The van der Waals surface area contributed by atoms with Gasteiger partial charge in [-0.3, -0.25) is 9.59 Å². The van der Waals surface area contributed by atoms with Gasteiger partial charge in [0.05, 0.1) is 12.0 Å². The van der Waals surface area contributed by atoms with Gasteiger partial charge in [0, 0.05) is 18.9 Å². The second kappa shape index (κ2) is 6.94. The highest BCUT2D eigenvalue weighted by Crippen LogP contribution is 2.69. The highest BCUT2D eigenvalue weighted by atomic mass is 16.7. The number of nitrogens with one attached hydrogen (secondary N) is 1. The zero-order chi connectivity index (χ0) is 21.7. The van der Waals surface area contributed by atoms with Crippen LogP contribution in [0, 0.1) is 65.1 Å². The number of amides is 1. The lowest BCUT2D eigenvalue weighted by Crippen LogP contribution is -2.42. The number of rotatable bonds is 5. The summed E-state index contributed by atoms with van der Waals surface area (Å²) in [6, 6.07) is 0.